The highest BCUT2D eigenvalue weighted by molar-refractivity contribution is 4.68. The van der Waals surface area contributed by atoms with Crippen LogP contribution in [0.1, 0.15) is 98.8 Å². The molecule has 0 radical (unpaired) electrons. The molecule has 0 fully saturated rings. The molecule has 0 aromatic rings. The van der Waals surface area contributed by atoms with Crippen molar-refractivity contribution < 1.29 is 4.74 Å². The maximum Gasteiger partial charge on any atom is 0.0990 e. The Bertz CT molecular complexity index is 214. The van der Waals surface area contributed by atoms with Gasteiger partial charge in [-0.15, -0.1) is 0 Å². The van der Waals surface area contributed by atoms with Gasteiger partial charge in [0.2, 0.25) is 0 Å². The predicted molar refractivity (Wildman–Crippen MR) is 104 cm³/mol. The minimum absolute atomic E-state index is 0.839. The van der Waals surface area contributed by atoms with Crippen molar-refractivity contribution in [2.75, 3.05) is 26.4 Å². The number of rotatable bonds is 17. The quantitative estimate of drug-likeness (QED) is 0.223. The second-order valence-electron chi connectivity index (χ2n) is 7.26. The van der Waals surface area contributed by atoms with Crippen LogP contribution in [-0.4, -0.2) is 31.3 Å². The van der Waals surface area contributed by atoms with Crippen LogP contribution in [0.4, 0.5) is 0 Å². The van der Waals surface area contributed by atoms with E-state index < -0.39 is 0 Å². The molecule has 0 amide bonds. The molecule has 2 nitrogen and oxygen atoms in total. The zero-order chi connectivity index (χ0) is 17.3. The van der Waals surface area contributed by atoms with Crippen LogP contribution >= 0.6 is 0 Å². The highest BCUT2D eigenvalue weighted by Gasteiger charge is 2.16. The molecule has 0 spiro atoms. The highest BCUT2D eigenvalue weighted by Crippen LogP contribution is 2.19. The summed E-state index contributed by atoms with van der Waals surface area (Å²) in [6, 6.07) is 0. The van der Waals surface area contributed by atoms with E-state index in [1.165, 1.54) is 77.3 Å². The van der Waals surface area contributed by atoms with Crippen molar-refractivity contribution in [1.29, 1.82) is 0 Å². The second kappa shape index (κ2) is 16.8. The summed E-state index contributed by atoms with van der Waals surface area (Å²) in [5.74, 6) is 1.68. The van der Waals surface area contributed by atoms with Gasteiger partial charge in [-0.1, -0.05) is 79.6 Å². The van der Waals surface area contributed by atoms with E-state index in [4.69, 9.17) is 4.74 Å². The van der Waals surface area contributed by atoms with Crippen molar-refractivity contribution in [3.8, 4) is 0 Å². The molecule has 0 aromatic heterocycles. The predicted octanol–water partition coefficient (Wildman–Crippen LogP) is 6.50. The van der Waals surface area contributed by atoms with Crippen LogP contribution in [0, 0.1) is 11.8 Å². The molecule has 0 aliphatic carbocycles. The third-order valence-corrected chi connectivity index (χ3v) is 5.04. The highest BCUT2D eigenvalue weighted by atomic mass is 16.5. The average Bonchev–Trinajstić information content (AvgIpc) is 2.58. The molecule has 23 heavy (non-hydrogen) atoms. The Balaban J connectivity index is 4.44. The minimum atomic E-state index is 0.839. The normalized spacial score (nSPS) is 14.3. The van der Waals surface area contributed by atoms with Gasteiger partial charge < -0.3 is 4.74 Å². The van der Waals surface area contributed by atoms with E-state index in [0.717, 1.165) is 25.2 Å². The van der Waals surface area contributed by atoms with Crippen LogP contribution < -0.4 is 0 Å². The van der Waals surface area contributed by atoms with Gasteiger partial charge in [0, 0.05) is 19.7 Å². The number of ether oxygens (including phenoxy) is 1. The van der Waals surface area contributed by atoms with Crippen LogP contribution in [0.15, 0.2) is 0 Å². The molecule has 140 valence electrons. The van der Waals surface area contributed by atoms with Crippen molar-refractivity contribution >= 4 is 0 Å². The van der Waals surface area contributed by atoms with Crippen molar-refractivity contribution in [3.63, 3.8) is 0 Å². The Morgan fingerprint density at radius 1 is 0.696 bits per heavy atom. The average molecular weight is 328 g/mol. The largest absolute Gasteiger partial charge is 0.366 e. The Morgan fingerprint density at radius 2 is 1.17 bits per heavy atom. The Kier molecular flexibility index (Phi) is 16.7. The van der Waals surface area contributed by atoms with Crippen molar-refractivity contribution in [2.24, 2.45) is 11.8 Å². The first-order valence-electron chi connectivity index (χ1n) is 10.5. The standard InChI is InChI=1S/C21H45NO/c1-6-11-14-20(9-4)17-22(19-23-16-13-8-3)18-21(10-5)15-12-7-2/h20-21H,6-19H2,1-5H3/t20-,21+. The molecule has 0 unspecified atom stereocenters. The van der Waals surface area contributed by atoms with Crippen LogP contribution in [0.2, 0.25) is 0 Å². The lowest BCUT2D eigenvalue weighted by molar-refractivity contribution is 0.00854. The zero-order valence-electron chi connectivity index (χ0n) is 16.9. The lowest BCUT2D eigenvalue weighted by Crippen LogP contribution is -2.36. The van der Waals surface area contributed by atoms with Crippen LogP contribution in [-0.2, 0) is 4.74 Å². The minimum Gasteiger partial charge on any atom is -0.366 e. The first-order valence-corrected chi connectivity index (χ1v) is 10.5. The summed E-state index contributed by atoms with van der Waals surface area (Å²) < 4.78 is 5.96. The molecule has 2 atom stereocenters. The summed E-state index contributed by atoms with van der Waals surface area (Å²) in [4.78, 5) is 2.61. The van der Waals surface area contributed by atoms with Gasteiger partial charge in [-0.2, -0.15) is 0 Å². The van der Waals surface area contributed by atoms with Gasteiger partial charge >= 0.3 is 0 Å². The fourth-order valence-corrected chi connectivity index (χ4v) is 3.18. The summed E-state index contributed by atoms with van der Waals surface area (Å²) in [7, 11) is 0. The third kappa shape index (κ3) is 12.9. The summed E-state index contributed by atoms with van der Waals surface area (Å²) >= 11 is 0. The second-order valence-corrected chi connectivity index (χ2v) is 7.26. The molecule has 0 rings (SSSR count). The lowest BCUT2D eigenvalue weighted by Gasteiger charge is -2.30. The maximum atomic E-state index is 5.96. The van der Waals surface area contributed by atoms with Gasteiger partial charge in [0.15, 0.2) is 0 Å². The van der Waals surface area contributed by atoms with E-state index in [-0.39, 0.29) is 0 Å². The monoisotopic (exact) mass is 327 g/mol. The van der Waals surface area contributed by atoms with E-state index in [0.29, 0.717) is 0 Å². The Hall–Kier alpha value is -0.0800. The Labute approximate surface area is 147 Å². The maximum absolute atomic E-state index is 5.96. The van der Waals surface area contributed by atoms with Gasteiger partial charge in [0.25, 0.3) is 0 Å². The number of nitrogens with zero attached hydrogens (tertiary/aromatic N) is 1. The lowest BCUT2D eigenvalue weighted by atomic mass is 9.96. The number of unbranched alkanes of at least 4 members (excludes halogenated alkanes) is 3. The molecule has 0 aliphatic rings. The molecular weight excluding hydrogens is 282 g/mol. The van der Waals surface area contributed by atoms with Gasteiger partial charge in [-0.25, -0.2) is 0 Å². The first-order chi connectivity index (χ1) is 11.2. The topological polar surface area (TPSA) is 12.5 Å². The molecule has 0 saturated heterocycles. The van der Waals surface area contributed by atoms with E-state index in [2.05, 4.69) is 39.5 Å². The van der Waals surface area contributed by atoms with Crippen molar-refractivity contribution in [1.82, 2.24) is 4.90 Å². The van der Waals surface area contributed by atoms with Crippen molar-refractivity contribution in [2.45, 2.75) is 98.8 Å². The van der Waals surface area contributed by atoms with E-state index >= 15 is 0 Å². The SMILES string of the molecule is CCCCOCN(C[C@H](CC)CCCC)C[C@@H](CC)CCCC. The van der Waals surface area contributed by atoms with Crippen LogP contribution in [0.5, 0.6) is 0 Å². The fourth-order valence-electron chi connectivity index (χ4n) is 3.18. The molecule has 0 heterocycles. The molecule has 0 N–H and O–H groups in total. The van der Waals surface area contributed by atoms with Gasteiger partial charge in [-0.05, 0) is 31.1 Å². The van der Waals surface area contributed by atoms with E-state index in [1.807, 2.05) is 0 Å². The molecule has 0 bridgehead atoms. The van der Waals surface area contributed by atoms with Crippen molar-refractivity contribution in [3.05, 3.63) is 0 Å². The molecule has 2 heteroatoms. The molecular formula is C21H45NO. The van der Waals surface area contributed by atoms with Gasteiger partial charge in [-0.3, -0.25) is 4.90 Å². The zero-order valence-corrected chi connectivity index (χ0v) is 16.9. The first kappa shape index (κ1) is 22.9. The van der Waals surface area contributed by atoms with E-state index in [1.54, 1.807) is 0 Å². The molecule has 0 aromatic carbocycles. The Morgan fingerprint density at radius 3 is 1.57 bits per heavy atom. The van der Waals surface area contributed by atoms with E-state index in [9.17, 15) is 0 Å². The molecule has 0 saturated carbocycles. The summed E-state index contributed by atoms with van der Waals surface area (Å²) in [5.41, 5.74) is 0. The fraction of sp³-hybridized carbons (Fsp3) is 1.00. The summed E-state index contributed by atoms with van der Waals surface area (Å²) in [6.07, 6.45) is 13.2. The number of hydrogen-bond acceptors (Lipinski definition) is 2. The van der Waals surface area contributed by atoms with Crippen LogP contribution in [0.25, 0.3) is 0 Å². The van der Waals surface area contributed by atoms with Gasteiger partial charge in [0.1, 0.15) is 0 Å². The third-order valence-electron chi connectivity index (χ3n) is 5.04. The van der Waals surface area contributed by atoms with Gasteiger partial charge in [0.05, 0.1) is 6.73 Å². The molecule has 0 aliphatic heterocycles. The summed E-state index contributed by atoms with van der Waals surface area (Å²) in [5, 5.41) is 0. The summed E-state index contributed by atoms with van der Waals surface area (Å²) in [6.45, 7) is 15.8. The van der Waals surface area contributed by atoms with Crippen LogP contribution in [0.3, 0.4) is 0 Å². The smallest absolute Gasteiger partial charge is 0.0990 e. The number of hydrogen-bond donors (Lipinski definition) is 0.